The van der Waals surface area contributed by atoms with Crippen LogP contribution in [0.25, 0.3) is 51.2 Å². The molecule has 0 saturated heterocycles. The normalized spacial score (nSPS) is 11.3. The van der Waals surface area contributed by atoms with E-state index in [4.69, 9.17) is 0 Å². The summed E-state index contributed by atoms with van der Waals surface area (Å²) in [4.78, 5) is 10.0. The SMILES string of the molecule is c1c[nH]c(-c2cccn2-c2cc(-n3cccc3-c3ccc[nH]3)cc(-n3cccc3-c3ccc[nH]3)c2)c1. The lowest BCUT2D eigenvalue weighted by atomic mass is 10.2. The molecule has 6 heterocycles. The van der Waals surface area contributed by atoms with Crippen LogP contribution >= 0.6 is 0 Å². The van der Waals surface area contributed by atoms with Crippen LogP contribution in [0, 0.1) is 0 Å². The van der Waals surface area contributed by atoms with Gasteiger partial charge in [0.2, 0.25) is 0 Å². The van der Waals surface area contributed by atoms with Crippen LogP contribution in [0.5, 0.6) is 0 Å². The maximum absolute atomic E-state index is 3.35. The van der Waals surface area contributed by atoms with Crippen molar-refractivity contribution in [3.05, 3.63) is 128 Å². The summed E-state index contributed by atoms with van der Waals surface area (Å²) in [5.41, 5.74) is 9.79. The van der Waals surface area contributed by atoms with Crippen molar-refractivity contribution in [2.45, 2.75) is 0 Å². The minimum Gasteiger partial charge on any atom is -0.360 e. The molecule has 0 aliphatic rings. The van der Waals surface area contributed by atoms with Crippen LogP contribution in [-0.4, -0.2) is 28.7 Å². The molecule has 0 aliphatic heterocycles. The fourth-order valence-electron chi connectivity index (χ4n) is 4.94. The summed E-state index contributed by atoms with van der Waals surface area (Å²) in [5, 5.41) is 0. The van der Waals surface area contributed by atoms with Gasteiger partial charge in [-0.15, -0.1) is 0 Å². The Balaban J connectivity index is 1.45. The zero-order valence-corrected chi connectivity index (χ0v) is 19.5. The molecule has 0 amide bonds. The highest BCUT2D eigenvalue weighted by atomic mass is 15.0. The van der Waals surface area contributed by atoms with Crippen LogP contribution in [-0.2, 0) is 0 Å². The van der Waals surface area contributed by atoms with Crippen LogP contribution in [0.15, 0.2) is 128 Å². The van der Waals surface area contributed by atoms with Crippen molar-refractivity contribution in [2.24, 2.45) is 0 Å². The van der Waals surface area contributed by atoms with E-state index in [2.05, 4.69) is 120 Å². The molecule has 6 nitrogen and oxygen atoms in total. The molecule has 3 N–H and O–H groups in total. The molecular weight excluding hydrogens is 444 g/mol. The highest BCUT2D eigenvalue weighted by molar-refractivity contribution is 5.67. The lowest BCUT2D eigenvalue weighted by Crippen LogP contribution is -2.04. The highest BCUT2D eigenvalue weighted by Crippen LogP contribution is 2.31. The van der Waals surface area contributed by atoms with Gasteiger partial charge < -0.3 is 28.7 Å². The second-order valence-corrected chi connectivity index (χ2v) is 8.75. The van der Waals surface area contributed by atoms with Gasteiger partial charge in [-0.2, -0.15) is 0 Å². The lowest BCUT2D eigenvalue weighted by Gasteiger charge is -2.17. The molecular formula is C30H24N6. The standard InChI is InChI=1S/C30H24N6/c1-7-25(31-13-1)28-10-4-16-34(28)22-19-23(35-17-5-11-29(35)26-8-2-14-32-26)21-24(20-22)36-18-6-12-30(36)27-9-3-15-33-27/h1-21,31-33H. The first kappa shape index (κ1) is 20.3. The van der Waals surface area contributed by atoms with E-state index in [1.54, 1.807) is 0 Å². The molecule has 6 heteroatoms. The monoisotopic (exact) mass is 468 g/mol. The maximum atomic E-state index is 3.35. The van der Waals surface area contributed by atoms with Gasteiger partial charge in [0, 0.05) is 54.2 Å². The number of aromatic nitrogens is 6. The smallest absolute Gasteiger partial charge is 0.0691 e. The van der Waals surface area contributed by atoms with Gasteiger partial charge in [0.1, 0.15) is 0 Å². The van der Waals surface area contributed by atoms with Crippen molar-refractivity contribution >= 4 is 0 Å². The number of hydrogen-bond donors (Lipinski definition) is 3. The first-order valence-corrected chi connectivity index (χ1v) is 11.9. The third kappa shape index (κ3) is 3.35. The molecule has 36 heavy (non-hydrogen) atoms. The van der Waals surface area contributed by atoms with Crippen LogP contribution in [0.4, 0.5) is 0 Å². The Morgan fingerprint density at radius 1 is 0.389 bits per heavy atom. The Morgan fingerprint density at radius 3 is 1.00 bits per heavy atom. The molecule has 7 aromatic rings. The number of benzene rings is 1. The Hall–Kier alpha value is -5.10. The maximum Gasteiger partial charge on any atom is 0.0691 e. The molecule has 0 aliphatic carbocycles. The van der Waals surface area contributed by atoms with Gasteiger partial charge in [0.25, 0.3) is 0 Å². The Morgan fingerprint density at radius 2 is 0.722 bits per heavy atom. The van der Waals surface area contributed by atoms with Crippen LogP contribution in [0.1, 0.15) is 0 Å². The topological polar surface area (TPSA) is 62.2 Å². The molecule has 0 spiro atoms. The number of rotatable bonds is 6. The van der Waals surface area contributed by atoms with E-state index in [1.807, 2.05) is 36.8 Å². The summed E-state index contributed by atoms with van der Waals surface area (Å²) in [5.74, 6) is 0. The average molecular weight is 469 g/mol. The Kier molecular flexibility index (Phi) is 4.67. The Bertz CT molecular complexity index is 1500. The molecule has 0 atom stereocenters. The molecule has 0 fully saturated rings. The molecule has 6 aromatic heterocycles. The number of nitrogens with one attached hydrogen (secondary N) is 3. The molecule has 174 valence electrons. The number of aromatic amines is 3. The molecule has 0 bridgehead atoms. The van der Waals surface area contributed by atoms with Gasteiger partial charge in [0.05, 0.1) is 34.2 Å². The van der Waals surface area contributed by atoms with Crippen molar-refractivity contribution in [3.63, 3.8) is 0 Å². The van der Waals surface area contributed by atoms with E-state index in [0.29, 0.717) is 0 Å². The van der Waals surface area contributed by atoms with E-state index < -0.39 is 0 Å². The molecule has 7 rings (SSSR count). The lowest BCUT2D eigenvalue weighted by molar-refractivity contribution is 1.01. The van der Waals surface area contributed by atoms with Crippen molar-refractivity contribution in [1.82, 2.24) is 28.7 Å². The number of hydrogen-bond acceptors (Lipinski definition) is 0. The van der Waals surface area contributed by atoms with Gasteiger partial charge in [-0.05, 0) is 91.0 Å². The Labute approximate surface area is 208 Å². The predicted octanol–water partition coefficient (Wildman–Crippen LogP) is 7.04. The van der Waals surface area contributed by atoms with E-state index in [-0.39, 0.29) is 0 Å². The fraction of sp³-hybridized carbons (Fsp3) is 0. The van der Waals surface area contributed by atoms with E-state index >= 15 is 0 Å². The average Bonchev–Trinajstić information content (AvgIpc) is 3.76. The second-order valence-electron chi connectivity index (χ2n) is 8.75. The molecule has 1 aromatic carbocycles. The van der Waals surface area contributed by atoms with E-state index in [0.717, 1.165) is 51.2 Å². The minimum absolute atomic E-state index is 1.08. The van der Waals surface area contributed by atoms with Gasteiger partial charge >= 0.3 is 0 Å². The first-order valence-electron chi connectivity index (χ1n) is 11.9. The van der Waals surface area contributed by atoms with Crippen LogP contribution in [0.3, 0.4) is 0 Å². The third-order valence-corrected chi connectivity index (χ3v) is 6.59. The largest absolute Gasteiger partial charge is 0.360 e. The summed E-state index contributed by atoms with van der Waals surface area (Å²) < 4.78 is 6.69. The third-order valence-electron chi connectivity index (χ3n) is 6.59. The number of nitrogens with zero attached hydrogens (tertiary/aromatic N) is 3. The molecule has 0 unspecified atom stereocenters. The second kappa shape index (κ2) is 8.29. The summed E-state index contributed by atoms with van der Waals surface area (Å²) >= 11 is 0. The van der Waals surface area contributed by atoms with Crippen LogP contribution < -0.4 is 0 Å². The first-order chi connectivity index (χ1) is 17.8. The highest BCUT2D eigenvalue weighted by Gasteiger charge is 2.15. The number of H-pyrrole nitrogens is 3. The van der Waals surface area contributed by atoms with E-state index in [1.165, 1.54) is 0 Å². The van der Waals surface area contributed by atoms with Gasteiger partial charge in [-0.1, -0.05) is 0 Å². The summed E-state index contributed by atoms with van der Waals surface area (Å²) in [6.07, 6.45) is 12.2. The van der Waals surface area contributed by atoms with Crippen molar-refractivity contribution < 1.29 is 0 Å². The van der Waals surface area contributed by atoms with Gasteiger partial charge in [-0.25, -0.2) is 0 Å². The molecule has 0 radical (unpaired) electrons. The summed E-state index contributed by atoms with van der Waals surface area (Å²) in [6, 6.07) is 31.8. The van der Waals surface area contributed by atoms with Crippen LogP contribution in [0.2, 0.25) is 0 Å². The van der Waals surface area contributed by atoms with Gasteiger partial charge in [-0.3, -0.25) is 0 Å². The minimum atomic E-state index is 1.08. The fourth-order valence-corrected chi connectivity index (χ4v) is 4.94. The zero-order chi connectivity index (χ0) is 23.9. The zero-order valence-electron chi connectivity index (χ0n) is 19.5. The summed E-state index contributed by atoms with van der Waals surface area (Å²) in [6.45, 7) is 0. The van der Waals surface area contributed by atoms with Crippen molar-refractivity contribution in [1.29, 1.82) is 0 Å². The van der Waals surface area contributed by atoms with Crippen molar-refractivity contribution in [2.75, 3.05) is 0 Å². The quantitative estimate of drug-likeness (QED) is 0.234. The van der Waals surface area contributed by atoms with Crippen molar-refractivity contribution in [3.8, 4) is 51.2 Å². The van der Waals surface area contributed by atoms with E-state index in [9.17, 15) is 0 Å². The predicted molar refractivity (Wildman–Crippen MR) is 144 cm³/mol. The molecule has 0 saturated carbocycles. The van der Waals surface area contributed by atoms with Gasteiger partial charge in [0.15, 0.2) is 0 Å². The summed E-state index contributed by atoms with van der Waals surface area (Å²) in [7, 11) is 0.